The van der Waals surface area contributed by atoms with Gasteiger partial charge in [-0.25, -0.2) is 0 Å². The molecule has 1 heterocycles. The van der Waals surface area contributed by atoms with E-state index in [0.29, 0.717) is 12.5 Å². The second-order valence-electron chi connectivity index (χ2n) is 4.16. The minimum atomic E-state index is 0.210. The van der Waals surface area contributed by atoms with Crippen LogP contribution in [0.15, 0.2) is 0 Å². The largest absolute Gasteiger partial charge is 0.341 e. The number of nitrogens with zero attached hydrogens (tertiary/aromatic N) is 2. The fraction of sp³-hybridized carbons (Fsp3) is 0.889. The fourth-order valence-electron chi connectivity index (χ4n) is 1.42. The Hall–Kier alpha value is -0.610. The molecule has 0 saturated carbocycles. The van der Waals surface area contributed by atoms with E-state index in [9.17, 15) is 4.79 Å². The third kappa shape index (κ3) is 2.67. The molecule has 0 aromatic heterocycles. The Morgan fingerprint density at radius 2 is 2.15 bits per heavy atom. The van der Waals surface area contributed by atoms with Crippen molar-refractivity contribution >= 4 is 5.91 Å². The predicted octanol–water partition coefficient (Wildman–Crippen LogP) is -0.646. The van der Waals surface area contributed by atoms with Gasteiger partial charge in [0, 0.05) is 25.0 Å². The summed E-state index contributed by atoms with van der Waals surface area (Å²) in [6, 6.07) is 0.211. The first-order valence-electron chi connectivity index (χ1n) is 4.68. The lowest BCUT2D eigenvalue weighted by atomic mass is 9.93. The molecular weight excluding hydrogens is 166 g/mol. The van der Waals surface area contributed by atoms with E-state index < -0.39 is 0 Å². The maximum Gasteiger partial charge on any atom is 0.236 e. The number of carbonyl (C=O) groups excluding carboxylic acids is 1. The monoisotopic (exact) mass is 185 g/mol. The molecule has 0 bridgehead atoms. The number of hydrogen-bond acceptors (Lipinski definition) is 3. The second-order valence-corrected chi connectivity index (χ2v) is 4.16. The molecule has 4 heteroatoms. The average Bonchev–Trinajstić information content (AvgIpc) is 1.79. The van der Waals surface area contributed by atoms with Crippen molar-refractivity contribution in [1.82, 2.24) is 9.80 Å². The molecule has 0 aromatic carbocycles. The molecule has 0 radical (unpaired) electrons. The van der Waals surface area contributed by atoms with E-state index in [1.54, 1.807) is 0 Å². The topological polar surface area (TPSA) is 49.6 Å². The van der Waals surface area contributed by atoms with Crippen LogP contribution in [0, 0.1) is 5.92 Å². The lowest BCUT2D eigenvalue weighted by Gasteiger charge is -2.41. The Kier molecular flexibility index (Phi) is 3.27. The van der Waals surface area contributed by atoms with Crippen molar-refractivity contribution in [3.63, 3.8) is 0 Å². The Morgan fingerprint density at radius 3 is 2.54 bits per heavy atom. The van der Waals surface area contributed by atoms with E-state index in [2.05, 4.69) is 0 Å². The van der Waals surface area contributed by atoms with Crippen molar-refractivity contribution in [3.05, 3.63) is 0 Å². The first-order chi connectivity index (χ1) is 6.00. The third-order valence-electron chi connectivity index (χ3n) is 2.46. The molecule has 1 unspecified atom stereocenters. The van der Waals surface area contributed by atoms with Gasteiger partial charge in [-0.2, -0.15) is 0 Å². The van der Waals surface area contributed by atoms with E-state index in [1.807, 2.05) is 30.8 Å². The molecular formula is C9H19N3O. The molecule has 1 amide bonds. The number of likely N-dealkylation sites (N-methyl/N-ethyl adjacent to an activating group) is 1. The molecule has 1 fully saturated rings. The normalized spacial score (nSPS) is 20.2. The van der Waals surface area contributed by atoms with E-state index in [4.69, 9.17) is 5.73 Å². The predicted molar refractivity (Wildman–Crippen MR) is 52.3 cm³/mol. The van der Waals surface area contributed by atoms with Gasteiger partial charge in [0.15, 0.2) is 0 Å². The summed E-state index contributed by atoms with van der Waals surface area (Å²) in [5, 5.41) is 0. The summed E-state index contributed by atoms with van der Waals surface area (Å²) in [6.07, 6.45) is 0. The zero-order valence-corrected chi connectivity index (χ0v) is 8.66. The summed E-state index contributed by atoms with van der Waals surface area (Å²) >= 11 is 0. The van der Waals surface area contributed by atoms with Crippen molar-refractivity contribution in [2.45, 2.75) is 13.0 Å². The number of likely N-dealkylation sites (tertiary alicyclic amines) is 1. The minimum Gasteiger partial charge on any atom is -0.341 e. The summed E-state index contributed by atoms with van der Waals surface area (Å²) in [4.78, 5) is 15.2. The van der Waals surface area contributed by atoms with Gasteiger partial charge in [-0.1, -0.05) is 0 Å². The van der Waals surface area contributed by atoms with E-state index in [-0.39, 0.29) is 11.9 Å². The van der Waals surface area contributed by atoms with Gasteiger partial charge in [0.05, 0.1) is 6.54 Å². The van der Waals surface area contributed by atoms with Crippen LogP contribution in [-0.4, -0.2) is 55.5 Å². The van der Waals surface area contributed by atoms with Crippen molar-refractivity contribution in [1.29, 1.82) is 0 Å². The first-order valence-corrected chi connectivity index (χ1v) is 4.68. The lowest BCUT2D eigenvalue weighted by molar-refractivity contribution is -0.138. The number of hydrogen-bond donors (Lipinski definition) is 1. The Bertz CT molecular complexity index is 185. The number of nitrogens with two attached hydrogens (primary N) is 1. The van der Waals surface area contributed by atoms with Crippen molar-refractivity contribution in [3.8, 4) is 0 Å². The van der Waals surface area contributed by atoms with E-state index >= 15 is 0 Å². The zero-order valence-electron chi connectivity index (χ0n) is 8.66. The van der Waals surface area contributed by atoms with Crippen LogP contribution >= 0.6 is 0 Å². The maximum atomic E-state index is 11.4. The molecule has 4 nitrogen and oxygen atoms in total. The van der Waals surface area contributed by atoms with Gasteiger partial charge in [0.25, 0.3) is 0 Å². The number of amides is 1. The standard InChI is InChI=1S/C9H19N3O/c1-7(10)8-4-12(5-8)9(13)6-11(2)3/h7-8H,4-6,10H2,1-3H3. The Balaban J connectivity index is 2.23. The lowest BCUT2D eigenvalue weighted by Crippen LogP contribution is -2.57. The molecule has 13 heavy (non-hydrogen) atoms. The van der Waals surface area contributed by atoms with Gasteiger partial charge in [0.2, 0.25) is 5.91 Å². The summed E-state index contributed by atoms with van der Waals surface area (Å²) in [6.45, 7) is 4.18. The molecule has 1 rings (SSSR count). The summed E-state index contributed by atoms with van der Waals surface area (Å²) in [7, 11) is 3.81. The Morgan fingerprint density at radius 1 is 1.62 bits per heavy atom. The highest BCUT2D eigenvalue weighted by Crippen LogP contribution is 2.17. The summed E-state index contributed by atoms with van der Waals surface area (Å²) in [5.74, 6) is 0.716. The van der Waals surface area contributed by atoms with Gasteiger partial charge in [-0.05, 0) is 21.0 Å². The zero-order chi connectivity index (χ0) is 10.0. The fourth-order valence-corrected chi connectivity index (χ4v) is 1.42. The summed E-state index contributed by atoms with van der Waals surface area (Å²) < 4.78 is 0. The smallest absolute Gasteiger partial charge is 0.236 e. The van der Waals surface area contributed by atoms with Crippen LogP contribution in [0.1, 0.15) is 6.92 Å². The van der Waals surface area contributed by atoms with Crippen molar-refractivity contribution < 1.29 is 4.79 Å². The van der Waals surface area contributed by atoms with Crippen LogP contribution in [0.25, 0.3) is 0 Å². The quantitative estimate of drug-likeness (QED) is 0.636. The summed E-state index contributed by atoms with van der Waals surface area (Å²) in [5.41, 5.74) is 5.71. The number of rotatable bonds is 3. The minimum absolute atomic E-state index is 0.210. The second kappa shape index (κ2) is 4.07. The van der Waals surface area contributed by atoms with Crippen molar-refractivity contribution in [2.75, 3.05) is 33.7 Å². The van der Waals surface area contributed by atoms with Gasteiger partial charge in [-0.15, -0.1) is 0 Å². The Labute approximate surface area is 79.7 Å². The highest BCUT2D eigenvalue weighted by molar-refractivity contribution is 5.79. The molecule has 76 valence electrons. The first kappa shape index (κ1) is 10.5. The van der Waals surface area contributed by atoms with Gasteiger partial charge in [-0.3, -0.25) is 4.79 Å². The third-order valence-corrected chi connectivity index (χ3v) is 2.46. The molecule has 1 aliphatic heterocycles. The highest BCUT2D eigenvalue weighted by Gasteiger charge is 2.32. The van der Waals surface area contributed by atoms with Gasteiger partial charge < -0.3 is 15.5 Å². The molecule has 1 saturated heterocycles. The van der Waals surface area contributed by atoms with Crippen molar-refractivity contribution in [2.24, 2.45) is 11.7 Å². The molecule has 0 spiro atoms. The molecule has 0 aromatic rings. The van der Waals surface area contributed by atoms with Gasteiger partial charge in [0.1, 0.15) is 0 Å². The molecule has 2 N–H and O–H groups in total. The van der Waals surface area contributed by atoms with Crippen LogP contribution < -0.4 is 5.73 Å². The van der Waals surface area contributed by atoms with Crippen LogP contribution in [0.3, 0.4) is 0 Å². The van der Waals surface area contributed by atoms with Crippen LogP contribution in [0.2, 0.25) is 0 Å². The van der Waals surface area contributed by atoms with E-state index in [0.717, 1.165) is 13.1 Å². The molecule has 1 aliphatic rings. The number of carbonyl (C=O) groups is 1. The average molecular weight is 185 g/mol. The van der Waals surface area contributed by atoms with Crippen LogP contribution in [0.5, 0.6) is 0 Å². The van der Waals surface area contributed by atoms with E-state index in [1.165, 1.54) is 0 Å². The maximum absolute atomic E-state index is 11.4. The van der Waals surface area contributed by atoms with Gasteiger partial charge >= 0.3 is 0 Å². The van der Waals surface area contributed by atoms with Crippen LogP contribution in [0.4, 0.5) is 0 Å². The molecule has 0 aliphatic carbocycles. The SMILES string of the molecule is CC(N)C1CN(C(=O)CN(C)C)C1. The highest BCUT2D eigenvalue weighted by atomic mass is 16.2. The molecule has 1 atom stereocenters. The van der Waals surface area contributed by atoms with Crippen LogP contribution in [-0.2, 0) is 4.79 Å².